The van der Waals surface area contributed by atoms with Crippen molar-refractivity contribution >= 4 is 16.9 Å². The Morgan fingerprint density at radius 2 is 1.90 bits per heavy atom. The van der Waals surface area contributed by atoms with Crippen molar-refractivity contribution in [1.82, 2.24) is 5.32 Å². The van der Waals surface area contributed by atoms with Gasteiger partial charge in [0.2, 0.25) is 5.76 Å². The lowest BCUT2D eigenvalue weighted by Crippen LogP contribution is -2.55. The largest absolute Gasteiger partial charge is 0.475 e. The molecule has 3 N–H and O–H groups in total. The van der Waals surface area contributed by atoms with Crippen molar-refractivity contribution in [2.75, 3.05) is 0 Å². The zero-order valence-electron chi connectivity index (χ0n) is 12.7. The maximum Gasteiger partial charge on any atom is 0.371 e. The number of furan rings is 1. The predicted octanol–water partition coefficient (Wildman–Crippen LogP) is 2.77. The molecule has 0 unspecified atom stereocenters. The Balaban J connectivity index is 2.18. The van der Waals surface area contributed by atoms with Crippen LogP contribution in [-0.4, -0.2) is 27.3 Å². The van der Waals surface area contributed by atoms with E-state index >= 15 is 0 Å². The first-order valence-corrected chi connectivity index (χ1v) is 6.83. The molecular weight excluding hydrogens is 270 g/mol. The van der Waals surface area contributed by atoms with Crippen LogP contribution < -0.4 is 5.32 Å². The minimum atomic E-state index is -1.07. The number of aliphatic hydroxyl groups is 1. The summed E-state index contributed by atoms with van der Waals surface area (Å²) in [7, 11) is 0. The van der Waals surface area contributed by atoms with Crippen LogP contribution in [-0.2, 0) is 6.54 Å². The molecule has 0 radical (unpaired) electrons. The van der Waals surface area contributed by atoms with Gasteiger partial charge in [0.25, 0.3) is 0 Å². The smallest absolute Gasteiger partial charge is 0.371 e. The van der Waals surface area contributed by atoms with Crippen LogP contribution in [0.2, 0.25) is 0 Å². The summed E-state index contributed by atoms with van der Waals surface area (Å²) >= 11 is 0. The number of aromatic carboxylic acids is 1. The van der Waals surface area contributed by atoms with E-state index in [4.69, 9.17) is 9.52 Å². The van der Waals surface area contributed by atoms with Crippen LogP contribution >= 0.6 is 0 Å². The molecule has 0 spiro atoms. The first kappa shape index (κ1) is 15.5. The molecule has 0 amide bonds. The van der Waals surface area contributed by atoms with Crippen LogP contribution in [0.5, 0.6) is 0 Å². The second-order valence-corrected chi connectivity index (χ2v) is 6.33. The molecule has 5 nitrogen and oxygen atoms in total. The van der Waals surface area contributed by atoms with Gasteiger partial charge in [-0.1, -0.05) is 6.07 Å². The summed E-state index contributed by atoms with van der Waals surface area (Å²) in [6.07, 6.45) is 0. The lowest BCUT2D eigenvalue weighted by molar-refractivity contribution is -0.00531. The lowest BCUT2D eigenvalue weighted by atomic mass is 9.86. The predicted molar refractivity (Wildman–Crippen MR) is 80.4 cm³/mol. The first-order valence-electron chi connectivity index (χ1n) is 6.83. The average molecular weight is 291 g/mol. The number of carbonyl (C=O) groups is 1. The number of rotatable bonds is 5. The summed E-state index contributed by atoms with van der Waals surface area (Å²) in [4.78, 5) is 10.9. The van der Waals surface area contributed by atoms with Gasteiger partial charge < -0.3 is 19.9 Å². The summed E-state index contributed by atoms with van der Waals surface area (Å²) < 4.78 is 5.22. The second kappa shape index (κ2) is 5.16. The zero-order chi connectivity index (χ0) is 15.8. The highest BCUT2D eigenvalue weighted by Crippen LogP contribution is 2.23. The van der Waals surface area contributed by atoms with Crippen LogP contribution in [0.25, 0.3) is 11.0 Å². The number of hydrogen-bond acceptors (Lipinski definition) is 4. The van der Waals surface area contributed by atoms with Gasteiger partial charge in [0.15, 0.2) is 0 Å². The maximum absolute atomic E-state index is 10.9. The fraction of sp³-hybridized carbons (Fsp3) is 0.438. The van der Waals surface area contributed by atoms with E-state index in [0.717, 1.165) is 10.9 Å². The topological polar surface area (TPSA) is 82.7 Å². The third kappa shape index (κ3) is 3.25. The molecule has 0 saturated carbocycles. The Kier molecular flexibility index (Phi) is 3.82. The van der Waals surface area contributed by atoms with Crippen molar-refractivity contribution in [3.05, 3.63) is 35.6 Å². The number of carboxylic acid groups (broad SMARTS) is 1. The van der Waals surface area contributed by atoms with Crippen molar-refractivity contribution in [3.63, 3.8) is 0 Å². The van der Waals surface area contributed by atoms with Crippen molar-refractivity contribution in [2.24, 2.45) is 0 Å². The van der Waals surface area contributed by atoms with Crippen molar-refractivity contribution in [2.45, 2.75) is 45.4 Å². The van der Waals surface area contributed by atoms with Gasteiger partial charge in [0.1, 0.15) is 5.58 Å². The summed E-state index contributed by atoms with van der Waals surface area (Å²) in [5.74, 6) is -1.14. The number of hydrogen-bond donors (Lipinski definition) is 3. The molecule has 0 aliphatic carbocycles. The molecule has 0 saturated heterocycles. The van der Waals surface area contributed by atoms with E-state index in [9.17, 15) is 9.90 Å². The standard InChI is InChI=1S/C16H21NO4/c1-15(2,16(3,4)20)17-9-10-5-6-12-11(7-10)8-13(21-12)14(18)19/h5-8,17,20H,9H2,1-4H3,(H,18,19). The Hall–Kier alpha value is -1.85. The van der Waals surface area contributed by atoms with E-state index in [1.807, 2.05) is 26.0 Å². The van der Waals surface area contributed by atoms with Crippen LogP contribution in [0.15, 0.2) is 28.7 Å². The van der Waals surface area contributed by atoms with Crippen molar-refractivity contribution in [1.29, 1.82) is 0 Å². The molecule has 21 heavy (non-hydrogen) atoms. The van der Waals surface area contributed by atoms with Crippen LogP contribution in [0.1, 0.15) is 43.8 Å². The van der Waals surface area contributed by atoms with Gasteiger partial charge in [-0.2, -0.15) is 0 Å². The van der Waals surface area contributed by atoms with Gasteiger partial charge in [-0.3, -0.25) is 0 Å². The van der Waals surface area contributed by atoms with E-state index in [2.05, 4.69) is 5.32 Å². The summed E-state index contributed by atoms with van der Waals surface area (Å²) in [5, 5.41) is 23.1. The van der Waals surface area contributed by atoms with E-state index < -0.39 is 17.1 Å². The average Bonchev–Trinajstić information content (AvgIpc) is 2.78. The van der Waals surface area contributed by atoms with E-state index in [1.165, 1.54) is 6.07 Å². The summed E-state index contributed by atoms with van der Waals surface area (Å²) in [5.41, 5.74) is 0.240. The molecule has 2 aromatic rings. The fourth-order valence-corrected chi connectivity index (χ4v) is 1.85. The highest BCUT2D eigenvalue weighted by atomic mass is 16.4. The second-order valence-electron chi connectivity index (χ2n) is 6.33. The third-order valence-electron chi connectivity index (χ3n) is 4.06. The molecule has 0 atom stereocenters. The van der Waals surface area contributed by atoms with Gasteiger partial charge in [-0.15, -0.1) is 0 Å². The molecule has 114 valence electrons. The lowest BCUT2D eigenvalue weighted by Gasteiger charge is -2.38. The molecule has 0 bridgehead atoms. The van der Waals surface area contributed by atoms with E-state index in [0.29, 0.717) is 12.1 Å². The van der Waals surface area contributed by atoms with Gasteiger partial charge in [-0.25, -0.2) is 4.79 Å². The Bertz CT molecular complexity index is 664. The highest BCUT2D eigenvalue weighted by Gasteiger charge is 2.34. The first-order chi connectivity index (χ1) is 9.60. The third-order valence-corrected chi connectivity index (χ3v) is 4.06. The Morgan fingerprint density at radius 1 is 1.24 bits per heavy atom. The summed E-state index contributed by atoms with van der Waals surface area (Å²) in [6, 6.07) is 7.04. The minimum absolute atomic E-state index is 0.0630. The monoisotopic (exact) mass is 291 g/mol. The molecular formula is C16H21NO4. The van der Waals surface area contributed by atoms with Gasteiger partial charge in [0.05, 0.1) is 5.60 Å². The van der Waals surface area contributed by atoms with Gasteiger partial charge in [0, 0.05) is 17.5 Å². The van der Waals surface area contributed by atoms with Crippen LogP contribution in [0.4, 0.5) is 0 Å². The molecule has 2 rings (SSSR count). The van der Waals surface area contributed by atoms with Gasteiger partial charge >= 0.3 is 5.97 Å². The number of fused-ring (bicyclic) bond motifs is 1. The molecule has 0 fully saturated rings. The molecule has 1 aromatic heterocycles. The van der Waals surface area contributed by atoms with E-state index in [1.54, 1.807) is 19.9 Å². The quantitative estimate of drug-likeness (QED) is 0.789. The summed E-state index contributed by atoms with van der Waals surface area (Å²) in [6.45, 7) is 7.97. The zero-order valence-corrected chi connectivity index (χ0v) is 12.7. The number of carboxylic acids is 1. The van der Waals surface area contributed by atoms with Crippen molar-refractivity contribution in [3.8, 4) is 0 Å². The maximum atomic E-state index is 10.9. The Morgan fingerprint density at radius 3 is 2.48 bits per heavy atom. The fourth-order valence-electron chi connectivity index (χ4n) is 1.85. The Labute approximate surface area is 123 Å². The molecule has 1 aromatic carbocycles. The molecule has 5 heteroatoms. The van der Waals surface area contributed by atoms with Crippen LogP contribution in [0.3, 0.4) is 0 Å². The minimum Gasteiger partial charge on any atom is -0.475 e. The number of nitrogens with one attached hydrogen (secondary N) is 1. The SMILES string of the molecule is CC(C)(O)C(C)(C)NCc1ccc2oc(C(=O)O)cc2c1. The normalized spacial score (nSPS) is 12.8. The van der Waals surface area contributed by atoms with Crippen LogP contribution in [0, 0.1) is 0 Å². The molecule has 0 aliphatic heterocycles. The molecule has 0 aliphatic rings. The highest BCUT2D eigenvalue weighted by molar-refractivity contribution is 5.91. The van der Waals surface area contributed by atoms with E-state index in [-0.39, 0.29) is 5.76 Å². The number of benzene rings is 1. The van der Waals surface area contributed by atoms with Gasteiger partial charge in [-0.05, 0) is 51.5 Å². The molecule has 1 heterocycles. The van der Waals surface area contributed by atoms with Crippen molar-refractivity contribution < 1.29 is 19.4 Å².